The van der Waals surface area contributed by atoms with Crippen LogP contribution in [0.1, 0.15) is 31.0 Å². The summed E-state index contributed by atoms with van der Waals surface area (Å²) in [6, 6.07) is 0. The summed E-state index contributed by atoms with van der Waals surface area (Å²) in [5, 5.41) is 7.87. The van der Waals surface area contributed by atoms with Gasteiger partial charge in [0.2, 0.25) is 11.8 Å². The number of rotatable bonds is 4. The minimum absolute atomic E-state index is 0.644. The molecule has 1 aromatic heterocycles. The first-order chi connectivity index (χ1) is 7.78. The van der Waals surface area contributed by atoms with E-state index in [0.717, 1.165) is 44.4 Å². The highest BCUT2D eigenvalue weighted by molar-refractivity contribution is 4.82. The molecule has 1 saturated heterocycles. The van der Waals surface area contributed by atoms with E-state index in [4.69, 9.17) is 10.2 Å². The minimum Gasteiger partial charge on any atom is -0.424 e. The van der Waals surface area contributed by atoms with E-state index >= 15 is 0 Å². The first kappa shape index (κ1) is 11.5. The van der Waals surface area contributed by atoms with Crippen LogP contribution >= 0.6 is 0 Å². The summed E-state index contributed by atoms with van der Waals surface area (Å²) < 4.78 is 5.39. The summed E-state index contributed by atoms with van der Waals surface area (Å²) in [6.45, 7) is 5.63. The topological polar surface area (TPSA) is 68.2 Å². The lowest BCUT2D eigenvalue weighted by Gasteiger charge is -2.31. The second-order valence-electron chi connectivity index (χ2n) is 4.54. The highest BCUT2D eigenvalue weighted by atomic mass is 16.4. The third kappa shape index (κ3) is 3.02. The van der Waals surface area contributed by atoms with Crippen LogP contribution in [0.3, 0.4) is 0 Å². The van der Waals surface area contributed by atoms with E-state index < -0.39 is 0 Å². The molecule has 90 valence electrons. The molecule has 0 aliphatic carbocycles. The van der Waals surface area contributed by atoms with E-state index in [1.54, 1.807) is 0 Å². The number of piperidine rings is 1. The maximum absolute atomic E-state index is 5.60. The Bertz CT molecular complexity index is 324. The number of nitrogens with two attached hydrogens (primary N) is 1. The fourth-order valence-electron chi connectivity index (χ4n) is 2.36. The van der Waals surface area contributed by atoms with Gasteiger partial charge in [0, 0.05) is 13.5 Å². The van der Waals surface area contributed by atoms with Crippen LogP contribution in [-0.4, -0.2) is 34.7 Å². The lowest BCUT2D eigenvalue weighted by atomic mass is 9.95. The van der Waals surface area contributed by atoms with Crippen molar-refractivity contribution in [3.05, 3.63) is 11.8 Å². The van der Waals surface area contributed by atoms with Crippen molar-refractivity contribution in [2.45, 2.75) is 32.7 Å². The number of aromatic nitrogens is 2. The van der Waals surface area contributed by atoms with E-state index in [9.17, 15) is 0 Å². The zero-order chi connectivity index (χ0) is 11.4. The monoisotopic (exact) mass is 224 g/mol. The van der Waals surface area contributed by atoms with Crippen LogP contribution in [0.2, 0.25) is 0 Å². The van der Waals surface area contributed by atoms with Crippen LogP contribution < -0.4 is 5.73 Å². The van der Waals surface area contributed by atoms with Gasteiger partial charge in [-0.3, -0.25) is 4.90 Å². The van der Waals surface area contributed by atoms with Crippen LogP contribution in [0.15, 0.2) is 4.42 Å². The molecule has 0 bridgehead atoms. The van der Waals surface area contributed by atoms with Gasteiger partial charge in [0.15, 0.2) is 0 Å². The summed E-state index contributed by atoms with van der Waals surface area (Å²) in [4.78, 5) is 2.39. The predicted octanol–water partition coefficient (Wildman–Crippen LogP) is 0.939. The van der Waals surface area contributed by atoms with Crippen molar-refractivity contribution in [1.29, 1.82) is 0 Å². The molecule has 16 heavy (non-hydrogen) atoms. The van der Waals surface area contributed by atoms with Crippen LogP contribution in [0.5, 0.6) is 0 Å². The lowest BCUT2D eigenvalue weighted by molar-refractivity contribution is 0.150. The maximum Gasteiger partial charge on any atom is 0.230 e. The van der Waals surface area contributed by atoms with Crippen molar-refractivity contribution in [3.63, 3.8) is 0 Å². The van der Waals surface area contributed by atoms with Gasteiger partial charge in [0.05, 0.1) is 6.54 Å². The van der Waals surface area contributed by atoms with E-state index in [-0.39, 0.29) is 0 Å². The van der Waals surface area contributed by atoms with E-state index in [1.807, 2.05) is 6.92 Å². The molecule has 2 rings (SSSR count). The lowest BCUT2D eigenvalue weighted by Crippen LogP contribution is -2.35. The molecule has 1 aliphatic rings. The van der Waals surface area contributed by atoms with Crippen LogP contribution in [-0.2, 0) is 6.54 Å². The summed E-state index contributed by atoms with van der Waals surface area (Å²) in [6.07, 6.45) is 3.67. The Morgan fingerprint density at radius 1 is 1.50 bits per heavy atom. The second-order valence-corrected chi connectivity index (χ2v) is 4.54. The molecule has 1 unspecified atom stereocenters. The molecule has 0 amide bonds. The summed E-state index contributed by atoms with van der Waals surface area (Å²) in [7, 11) is 0. The summed E-state index contributed by atoms with van der Waals surface area (Å²) >= 11 is 0. The summed E-state index contributed by atoms with van der Waals surface area (Å²) in [5.41, 5.74) is 5.60. The molecular weight excluding hydrogens is 204 g/mol. The average Bonchev–Trinajstić information content (AvgIpc) is 2.65. The van der Waals surface area contributed by atoms with Crippen LogP contribution in [0, 0.1) is 12.8 Å². The molecule has 2 N–H and O–H groups in total. The Morgan fingerprint density at radius 3 is 3.06 bits per heavy atom. The molecular formula is C11H20N4O. The molecule has 1 aromatic rings. The zero-order valence-electron chi connectivity index (χ0n) is 9.85. The van der Waals surface area contributed by atoms with Gasteiger partial charge in [-0.05, 0) is 38.3 Å². The molecule has 0 radical (unpaired) electrons. The fourth-order valence-corrected chi connectivity index (χ4v) is 2.36. The SMILES string of the molecule is Cc1nnc(CN2CCCC(CCN)C2)o1. The van der Waals surface area contributed by atoms with Crippen molar-refractivity contribution in [2.75, 3.05) is 19.6 Å². The van der Waals surface area contributed by atoms with Gasteiger partial charge in [-0.25, -0.2) is 0 Å². The Hall–Kier alpha value is -0.940. The average molecular weight is 224 g/mol. The molecule has 1 aliphatic heterocycles. The van der Waals surface area contributed by atoms with Gasteiger partial charge in [0.1, 0.15) is 0 Å². The highest BCUT2D eigenvalue weighted by Gasteiger charge is 2.20. The van der Waals surface area contributed by atoms with E-state index in [0.29, 0.717) is 5.89 Å². The van der Waals surface area contributed by atoms with Crippen molar-refractivity contribution in [3.8, 4) is 0 Å². The molecule has 1 fully saturated rings. The fraction of sp³-hybridized carbons (Fsp3) is 0.818. The normalized spacial score (nSPS) is 22.5. The van der Waals surface area contributed by atoms with Gasteiger partial charge in [-0.15, -0.1) is 10.2 Å². The van der Waals surface area contributed by atoms with Gasteiger partial charge in [-0.1, -0.05) is 0 Å². The number of nitrogens with zero attached hydrogens (tertiary/aromatic N) is 3. The molecule has 5 nitrogen and oxygen atoms in total. The third-order valence-electron chi connectivity index (χ3n) is 3.10. The van der Waals surface area contributed by atoms with Crippen molar-refractivity contribution in [2.24, 2.45) is 11.7 Å². The third-order valence-corrected chi connectivity index (χ3v) is 3.10. The largest absolute Gasteiger partial charge is 0.424 e. The molecule has 0 saturated carbocycles. The van der Waals surface area contributed by atoms with Crippen LogP contribution in [0.25, 0.3) is 0 Å². The predicted molar refractivity (Wildman–Crippen MR) is 60.7 cm³/mol. The Morgan fingerprint density at radius 2 is 2.38 bits per heavy atom. The number of aryl methyl sites for hydroxylation is 1. The molecule has 0 spiro atoms. The van der Waals surface area contributed by atoms with Gasteiger partial charge in [0.25, 0.3) is 0 Å². The Labute approximate surface area is 96.0 Å². The van der Waals surface area contributed by atoms with Crippen molar-refractivity contribution in [1.82, 2.24) is 15.1 Å². The standard InChI is InChI=1S/C11H20N4O/c1-9-13-14-11(16-9)8-15-6-2-3-10(7-15)4-5-12/h10H,2-8,12H2,1H3. The molecule has 5 heteroatoms. The first-order valence-electron chi connectivity index (χ1n) is 5.99. The Kier molecular flexibility index (Phi) is 3.90. The summed E-state index contributed by atoms with van der Waals surface area (Å²) in [5.74, 6) is 2.11. The zero-order valence-corrected chi connectivity index (χ0v) is 9.85. The quantitative estimate of drug-likeness (QED) is 0.824. The van der Waals surface area contributed by atoms with Gasteiger partial charge < -0.3 is 10.2 Å². The van der Waals surface area contributed by atoms with E-state index in [1.165, 1.54) is 12.8 Å². The smallest absolute Gasteiger partial charge is 0.230 e. The van der Waals surface area contributed by atoms with Crippen LogP contribution in [0.4, 0.5) is 0 Å². The van der Waals surface area contributed by atoms with Gasteiger partial charge >= 0.3 is 0 Å². The maximum atomic E-state index is 5.60. The second kappa shape index (κ2) is 5.41. The number of hydrogen-bond acceptors (Lipinski definition) is 5. The van der Waals surface area contributed by atoms with Crippen molar-refractivity contribution >= 4 is 0 Å². The molecule has 0 aromatic carbocycles. The van der Waals surface area contributed by atoms with Gasteiger partial charge in [-0.2, -0.15) is 0 Å². The number of likely N-dealkylation sites (tertiary alicyclic amines) is 1. The Balaban J connectivity index is 1.85. The van der Waals surface area contributed by atoms with Crippen molar-refractivity contribution < 1.29 is 4.42 Å². The minimum atomic E-state index is 0.644. The molecule has 2 heterocycles. The molecule has 1 atom stereocenters. The number of hydrogen-bond donors (Lipinski definition) is 1. The first-order valence-corrected chi connectivity index (χ1v) is 5.99. The highest BCUT2D eigenvalue weighted by Crippen LogP contribution is 2.20. The van der Waals surface area contributed by atoms with E-state index in [2.05, 4.69) is 15.1 Å².